The predicted molar refractivity (Wildman–Crippen MR) is 164 cm³/mol. The van der Waals surface area contributed by atoms with E-state index in [0.717, 1.165) is 0 Å². The van der Waals surface area contributed by atoms with Gasteiger partial charge >= 0.3 is 17.9 Å². The number of imidazole rings is 1. The minimum absolute atomic E-state index is 0.0921. The topological polar surface area (TPSA) is 312 Å². The van der Waals surface area contributed by atoms with E-state index < -0.39 is 103 Å². The Hall–Kier alpha value is -5.85. The average molecular weight is 675 g/mol. The molecule has 0 bridgehead atoms. The molecule has 0 aliphatic rings. The monoisotopic (exact) mass is 674 g/mol. The van der Waals surface area contributed by atoms with Crippen LogP contribution in [-0.4, -0.2) is 109 Å². The molecule has 0 unspecified atom stereocenters. The number of aromatic amines is 1. The van der Waals surface area contributed by atoms with Crippen molar-refractivity contribution in [3.05, 3.63) is 54.1 Å². The van der Waals surface area contributed by atoms with Gasteiger partial charge in [0.05, 0.1) is 25.3 Å². The summed E-state index contributed by atoms with van der Waals surface area (Å²) in [5.41, 5.74) is 6.54. The summed E-state index contributed by atoms with van der Waals surface area (Å²) in [6, 6.07) is 1.43. The van der Waals surface area contributed by atoms with E-state index in [0.29, 0.717) is 11.3 Å². The highest BCUT2D eigenvalue weighted by Crippen LogP contribution is 2.07. The fourth-order valence-electron chi connectivity index (χ4n) is 4.18. The second-order valence-electron chi connectivity index (χ2n) is 10.6. The van der Waals surface area contributed by atoms with E-state index in [1.165, 1.54) is 19.4 Å². The molecular weight excluding hydrogens is 636 g/mol. The summed E-state index contributed by atoms with van der Waals surface area (Å²) in [6.45, 7) is 0.570. The number of aliphatic carboxylic acids is 3. The number of rotatable bonds is 20. The predicted octanol–water partition coefficient (Wildman–Crippen LogP) is -2.98. The van der Waals surface area contributed by atoms with Crippen molar-refractivity contribution >= 4 is 47.4 Å². The highest BCUT2D eigenvalue weighted by Gasteiger charge is 2.30. The van der Waals surface area contributed by atoms with Gasteiger partial charge in [0, 0.05) is 31.2 Å². The molecule has 5 amide bonds. The molecule has 0 saturated heterocycles. The second kappa shape index (κ2) is 19.0. The molecule has 0 aliphatic heterocycles. The van der Waals surface area contributed by atoms with Crippen molar-refractivity contribution in [1.82, 2.24) is 36.6 Å². The Balaban J connectivity index is 2.14. The van der Waals surface area contributed by atoms with E-state index in [4.69, 9.17) is 10.8 Å². The quantitative estimate of drug-likeness (QED) is 0.0671. The fourth-order valence-corrected chi connectivity index (χ4v) is 4.18. The van der Waals surface area contributed by atoms with Crippen LogP contribution in [0.15, 0.2) is 42.9 Å². The maximum absolute atomic E-state index is 13.4. The lowest BCUT2D eigenvalue weighted by atomic mass is 10.0. The normalized spacial score (nSPS) is 13.8. The van der Waals surface area contributed by atoms with Gasteiger partial charge in [-0.3, -0.25) is 33.6 Å². The summed E-state index contributed by atoms with van der Waals surface area (Å²) >= 11 is 0. The van der Waals surface area contributed by atoms with Crippen molar-refractivity contribution in [2.24, 2.45) is 5.73 Å². The highest BCUT2D eigenvalue weighted by atomic mass is 16.4. The van der Waals surface area contributed by atoms with Gasteiger partial charge in [-0.2, -0.15) is 0 Å². The molecule has 0 spiro atoms. The zero-order valence-corrected chi connectivity index (χ0v) is 25.8. The van der Waals surface area contributed by atoms with E-state index >= 15 is 0 Å². The molecule has 260 valence electrons. The lowest BCUT2D eigenvalue weighted by molar-refractivity contribution is -0.142. The number of nitrogens with one attached hydrogen (secondary N) is 6. The number of hydrogen-bond donors (Lipinski definition) is 10. The van der Waals surface area contributed by atoms with Crippen LogP contribution in [0.4, 0.5) is 0 Å². The molecule has 0 aliphatic carbocycles. The lowest BCUT2D eigenvalue weighted by Gasteiger charge is -2.24. The van der Waals surface area contributed by atoms with Crippen LogP contribution in [-0.2, 0) is 51.2 Å². The van der Waals surface area contributed by atoms with E-state index in [-0.39, 0.29) is 12.8 Å². The van der Waals surface area contributed by atoms with Crippen molar-refractivity contribution in [2.45, 2.75) is 69.2 Å². The van der Waals surface area contributed by atoms with Crippen molar-refractivity contribution in [3.63, 3.8) is 0 Å². The molecular formula is C29H38N8O11. The summed E-state index contributed by atoms with van der Waals surface area (Å²) in [4.78, 5) is 104. The Bertz CT molecular complexity index is 1450. The summed E-state index contributed by atoms with van der Waals surface area (Å²) in [5, 5.41) is 39.1. The van der Waals surface area contributed by atoms with Crippen LogP contribution in [0, 0.1) is 0 Å². The molecule has 2 aromatic rings. The molecule has 0 radical (unpaired) electrons. The van der Waals surface area contributed by atoms with E-state index in [1.807, 2.05) is 0 Å². The van der Waals surface area contributed by atoms with E-state index in [9.17, 15) is 48.6 Å². The first-order valence-corrected chi connectivity index (χ1v) is 14.6. The SMILES string of the molecule is C[C@H](NC(=O)[C@@H](N)CC(=O)O)C(=O)N[C@@H](CCC(=O)O)C(=O)N[C@@H](Cc1ccccc1)C(=O)NCC(=O)N[C@@H](Cc1cnc[nH]1)C(=O)O. The molecule has 1 heterocycles. The number of carboxylic acids is 3. The third-order valence-corrected chi connectivity index (χ3v) is 6.71. The first-order valence-electron chi connectivity index (χ1n) is 14.6. The number of aromatic nitrogens is 2. The second-order valence-corrected chi connectivity index (χ2v) is 10.6. The summed E-state index contributed by atoms with van der Waals surface area (Å²) in [5.74, 6) is -8.50. The van der Waals surface area contributed by atoms with E-state index in [1.54, 1.807) is 30.3 Å². The first-order chi connectivity index (χ1) is 22.7. The number of nitrogens with two attached hydrogens (primary N) is 1. The van der Waals surface area contributed by atoms with Crippen molar-refractivity contribution in [2.75, 3.05) is 6.54 Å². The van der Waals surface area contributed by atoms with Crippen LogP contribution in [0.2, 0.25) is 0 Å². The number of hydrogen-bond acceptors (Lipinski definition) is 10. The molecule has 19 heteroatoms. The van der Waals surface area contributed by atoms with Crippen LogP contribution in [0.5, 0.6) is 0 Å². The Morgan fingerprint density at radius 1 is 0.792 bits per heavy atom. The number of benzene rings is 1. The van der Waals surface area contributed by atoms with Gasteiger partial charge in [-0.1, -0.05) is 30.3 Å². The largest absolute Gasteiger partial charge is 0.481 e. The third kappa shape index (κ3) is 13.6. The van der Waals surface area contributed by atoms with E-state index in [2.05, 4.69) is 36.6 Å². The zero-order valence-electron chi connectivity index (χ0n) is 25.8. The number of carboxylic acid groups (broad SMARTS) is 3. The van der Waals surface area contributed by atoms with Crippen molar-refractivity contribution in [3.8, 4) is 0 Å². The summed E-state index contributed by atoms with van der Waals surface area (Å²) < 4.78 is 0. The maximum Gasteiger partial charge on any atom is 0.326 e. The highest BCUT2D eigenvalue weighted by molar-refractivity contribution is 5.96. The van der Waals surface area contributed by atoms with Gasteiger partial charge in [-0.15, -0.1) is 0 Å². The van der Waals surface area contributed by atoms with Crippen LogP contribution in [0.3, 0.4) is 0 Å². The van der Waals surface area contributed by atoms with Gasteiger partial charge in [0.25, 0.3) is 0 Å². The van der Waals surface area contributed by atoms with Crippen LogP contribution in [0.1, 0.15) is 37.4 Å². The zero-order chi connectivity index (χ0) is 35.8. The molecule has 0 saturated carbocycles. The van der Waals surface area contributed by atoms with Crippen molar-refractivity contribution < 1.29 is 53.7 Å². The van der Waals surface area contributed by atoms with Crippen LogP contribution < -0.4 is 32.3 Å². The molecule has 2 rings (SSSR count). The van der Waals surface area contributed by atoms with Crippen molar-refractivity contribution in [1.29, 1.82) is 0 Å². The molecule has 19 nitrogen and oxygen atoms in total. The first kappa shape index (κ1) is 38.3. The Morgan fingerprint density at radius 2 is 1.46 bits per heavy atom. The lowest BCUT2D eigenvalue weighted by Crippen LogP contribution is -2.58. The molecule has 5 atom stereocenters. The summed E-state index contributed by atoms with van der Waals surface area (Å²) in [6.07, 6.45) is 0.841. The minimum Gasteiger partial charge on any atom is -0.481 e. The smallest absolute Gasteiger partial charge is 0.326 e. The number of H-pyrrole nitrogens is 1. The number of carbonyl (C=O) groups is 8. The van der Waals surface area contributed by atoms with Gasteiger partial charge in [0.1, 0.15) is 24.2 Å². The van der Waals surface area contributed by atoms with Crippen LogP contribution in [0.25, 0.3) is 0 Å². The molecule has 1 aromatic heterocycles. The Labute approximate surface area is 273 Å². The van der Waals surface area contributed by atoms with Gasteiger partial charge in [-0.25, -0.2) is 9.78 Å². The average Bonchev–Trinajstić information content (AvgIpc) is 3.54. The molecule has 0 fully saturated rings. The number of amides is 5. The standard InChI is InChI=1S/C29H38N8O11/c1-15(34-26(44)18(30)11-24(41)42)25(43)36-19(7-8-23(39)40)28(46)37-20(9-16-5-3-2-4-6-16)27(45)32-13-22(38)35-21(29(47)48)10-17-12-31-14-33-17/h2-6,12,14-15,18-21H,7-11,13,30H2,1H3,(H,31,33)(H,32,45)(H,34,44)(H,35,38)(H,36,43)(H,37,46)(H,39,40)(H,41,42)(H,47,48)/t15-,18-,19-,20-,21-/m0/s1. The Morgan fingerprint density at radius 3 is 2.04 bits per heavy atom. The molecule has 1 aromatic carbocycles. The van der Waals surface area contributed by atoms with Gasteiger partial charge in [0.2, 0.25) is 29.5 Å². The molecule has 11 N–H and O–H groups in total. The van der Waals surface area contributed by atoms with Gasteiger partial charge in [-0.05, 0) is 18.9 Å². The minimum atomic E-state index is -1.51. The maximum atomic E-state index is 13.4. The Kier molecular flexibility index (Phi) is 15.1. The van der Waals surface area contributed by atoms with Gasteiger partial charge < -0.3 is 52.6 Å². The fraction of sp³-hybridized carbons (Fsp3) is 0.414. The number of carbonyl (C=O) groups excluding carboxylic acids is 5. The molecule has 48 heavy (non-hydrogen) atoms. The van der Waals surface area contributed by atoms with Gasteiger partial charge in [0.15, 0.2) is 0 Å². The van der Waals surface area contributed by atoms with Crippen LogP contribution >= 0.6 is 0 Å². The summed E-state index contributed by atoms with van der Waals surface area (Å²) in [7, 11) is 0. The number of nitrogens with zero attached hydrogens (tertiary/aromatic N) is 1. The third-order valence-electron chi connectivity index (χ3n) is 6.71.